The Morgan fingerprint density at radius 3 is 2.62 bits per heavy atom. The Morgan fingerprint density at radius 1 is 1.15 bits per heavy atom. The maximum absolute atomic E-state index is 11.6. The molecule has 0 unspecified atom stereocenters. The normalized spacial score (nSPS) is 20.7. The third-order valence-electron chi connectivity index (χ3n) is 2.54. The van der Waals surface area contributed by atoms with Crippen molar-refractivity contribution in [3.63, 3.8) is 0 Å². The molecule has 0 saturated carbocycles. The summed E-state index contributed by atoms with van der Waals surface area (Å²) in [6.07, 6.45) is 6.77. The van der Waals surface area contributed by atoms with Crippen molar-refractivity contribution in [2.24, 2.45) is 0 Å². The molecule has 0 aromatic heterocycles. The zero-order valence-corrected chi connectivity index (χ0v) is 9.06. The monoisotopic (exact) mass is 201 g/mol. The zero-order valence-electron chi connectivity index (χ0n) is 8.17. The van der Waals surface area contributed by atoms with Crippen LogP contribution in [0.1, 0.15) is 38.5 Å². The average Bonchev–Trinajstić information content (AvgIpc) is 2.21. The van der Waals surface area contributed by atoms with Gasteiger partial charge in [-0.3, -0.25) is 4.79 Å². The fraction of sp³-hybridized carbons (Fsp3) is 0.900. The van der Waals surface area contributed by atoms with Gasteiger partial charge in [-0.25, -0.2) is 0 Å². The van der Waals surface area contributed by atoms with Gasteiger partial charge in [-0.05, 0) is 12.8 Å². The second-order valence-corrected chi connectivity index (χ2v) is 4.07. The summed E-state index contributed by atoms with van der Waals surface area (Å²) in [7, 11) is 0. The van der Waals surface area contributed by atoms with Gasteiger partial charge in [0.2, 0.25) is 5.91 Å². The molecule has 1 aliphatic heterocycles. The van der Waals surface area contributed by atoms with E-state index in [4.69, 9.17) is 0 Å². The van der Waals surface area contributed by atoms with Gasteiger partial charge < -0.3 is 4.90 Å². The Balaban J connectivity index is 2.40. The second kappa shape index (κ2) is 6.30. The Kier molecular flexibility index (Phi) is 5.28. The molecule has 0 aliphatic carbocycles. The van der Waals surface area contributed by atoms with Crippen LogP contribution in [0.2, 0.25) is 0 Å². The van der Waals surface area contributed by atoms with Crippen molar-refractivity contribution >= 4 is 18.5 Å². The molecule has 0 atom stereocenters. The fourth-order valence-corrected chi connectivity index (χ4v) is 1.99. The SMILES string of the molecule is O=C1CCCCCCCN1CCS. The molecule has 1 heterocycles. The average molecular weight is 201 g/mol. The Morgan fingerprint density at radius 2 is 1.85 bits per heavy atom. The minimum atomic E-state index is 0.330. The van der Waals surface area contributed by atoms with Crippen molar-refractivity contribution in [1.29, 1.82) is 0 Å². The number of rotatable bonds is 2. The predicted molar refractivity (Wildman–Crippen MR) is 58.1 cm³/mol. The molecule has 1 aliphatic rings. The highest BCUT2D eigenvalue weighted by molar-refractivity contribution is 7.80. The van der Waals surface area contributed by atoms with Crippen LogP contribution in [0.4, 0.5) is 0 Å². The molecular weight excluding hydrogens is 182 g/mol. The highest BCUT2D eigenvalue weighted by Crippen LogP contribution is 2.11. The minimum Gasteiger partial charge on any atom is -0.342 e. The maximum atomic E-state index is 11.6. The lowest BCUT2D eigenvalue weighted by Gasteiger charge is -2.20. The summed E-state index contributed by atoms with van der Waals surface area (Å²) in [5, 5.41) is 0. The van der Waals surface area contributed by atoms with Crippen molar-refractivity contribution in [3.8, 4) is 0 Å². The van der Waals surface area contributed by atoms with Gasteiger partial charge in [0.15, 0.2) is 0 Å². The molecule has 3 heteroatoms. The first-order chi connectivity index (χ1) is 6.34. The van der Waals surface area contributed by atoms with Gasteiger partial charge >= 0.3 is 0 Å². The van der Waals surface area contributed by atoms with E-state index in [1.807, 2.05) is 4.90 Å². The van der Waals surface area contributed by atoms with Crippen molar-refractivity contribution in [1.82, 2.24) is 4.90 Å². The molecule has 0 radical (unpaired) electrons. The Hall–Kier alpha value is -0.180. The van der Waals surface area contributed by atoms with E-state index >= 15 is 0 Å². The molecule has 76 valence electrons. The molecule has 0 aromatic rings. The van der Waals surface area contributed by atoms with E-state index in [0.717, 1.165) is 31.7 Å². The first kappa shape index (κ1) is 10.9. The molecule has 1 saturated heterocycles. The number of thiol groups is 1. The van der Waals surface area contributed by atoms with E-state index in [2.05, 4.69) is 12.6 Å². The van der Waals surface area contributed by atoms with Gasteiger partial charge in [0.05, 0.1) is 0 Å². The Labute approximate surface area is 86.1 Å². The first-order valence-corrected chi connectivity index (χ1v) is 5.86. The number of carbonyl (C=O) groups excluding carboxylic acids is 1. The minimum absolute atomic E-state index is 0.330. The highest BCUT2D eigenvalue weighted by Gasteiger charge is 2.13. The van der Waals surface area contributed by atoms with Crippen LogP contribution in [-0.4, -0.2) is 29.6 Å². The first-order valence-electron chi connectivity index (χ1n) is 5.23. The summed E-state index contributed by atoms with van der Waals surface area (Å²) in [5.74, 6) is 1.11. The van der Waals surface area contributed by atoms with Crippen LogP contribution in [0, 0.1) is 0 Å². The smallest absolute Gasteiger partial charge is 0.222 e. The van der Waals surface area contributed by atoms with Crippen LogP contribution < -0.4 is 0 Å². The molecule has 1 fully saturated rings. The molecule has 1 amide bonds. The van der Waals surface area contributed by atoms with Crippen LogP contribution in [0.25, 0.3) is 0 Å². The van der Waals surface area contributed by atoms with E-state index in [1.165, 1.54) is 25.7 Å². The number of carbonyl (C=O) groups is 1. The highest BCUT2D eigenvalue weighted by atomic mass is 32.1. The van der Waals surface area contributed by atoms with Gasteiger partial charge in [-0.15, -0.1) is 0 Å². The van der Waals surface area contributed by atoms with E-state index in [0.29, 0.717) is 5.91 Å². The van der Waals surface area contributed by atoms with Crippen molar-refractivity contribution < 1.29 is 4.79 Å². The van der Waals surface area contributed by atoms with Crippen molar-refractivity contribution in [2.75, 3.05) is 18.8 Å². The van der Waals surface area contributed by atoms with Gasteiger partial charge in [0.25, 0.3) is 0 Å². The summed E-state index contributed by atoms with van der Waals surface area (Å²) in [5.41, 5.74) is 0. The van der Waals surface area contributed by atoms with E-state index in [-0.39, 0.29) is 0 Å². The summed E-state index contributed by atoms with van der Waals surface area (Å²) < 4.78 is 0. The van der Waals surface area contributed by atoms with Crippen LogP contribution in [0.5, 0.6) is 0 Å². The number of amides is 1. The topological polar surface area (TPSA) is 20.3 Å². The molecule has 0 N–H and O–H groups in total. The van der Waals surface area contributed by atoms with Crippen molar-refractivity contribution in [3.05, 3.63) is 0 Å². The maximum Gasteiger partial charge on any atom is 0.222 e. The summed E-state index contributed by atoms with van der Waals surface area (Å²) in [6.45, 7) is 1.77. The lowest BCUT2D eigenvalue weighted by Crippen LogP contribution is -2.33. The number of nitrogens with zero attached hydrogens (tertiary/aromatic N) is 1. The standard InChI is InChI=1S/C10H19NOS/c12-10-6-4-2-1-3-5-7-11(10)8-9-13/h13H,1-9H2. The predicted octanol–water partition coefficient (Wildman–Crippen LogP) is 2.10. The Bertz CT molecular complexity index is 161. The van der Waals surface area contributed by atoms with Gasteiger partial charge in [-0.1, -0.05) is 19.3 Å². The molecule has 0 bridgehead atoms. The quantitative estimate of drug-likeness (QED) is 0.678. The number of hydrogen-bond donors (Lipinski definition) is 1. The molecule has 0 spiro atoms. The fourth-order valence-electron chi connectivity index (χ4n) is 1.75. The second-order valence-electron chi connectivity index (χ2n) is 3.62. The summed E-state index contributed by atoms with van der Waals surface area (Å²) >= 11 is 4.17. The van der Waals surface area contributed by atoms with Crippen LogP contribution >= 0.6 is 12.6 Å². The largest absolute Gasteiger partial charge is 0.342 e. The van der Waals surface area contributed by atoms with Crippen LogP contribution in [-0.2, 0) is 4.79 Å². The van der Waals surface area contributed by atoms with Crippen molar-refractivity contribution in [2.45, 2.75) is 38.5 Å². The van der Waals surface area contributed by atoms with Gasteiger partial charge in [-0.2, -0.15) is 12.6 Å². The molecule has 0 aromatic carbocycles. The van der Waals surface area contributed by atoms with Crippen LogP contribution in [0.15, 0.2) is 0 Å². The van der Waals surface area contributed by atoms with Crippen LogP contribution in [0.3, 0.4) is 0 Å². The van der Waals surface area contributed by atoms with E-state index < -0.39 is 0 Å². The van der Waals surface area contributed by atoms with E-state index in [9.17, 15) is 4.79 Å². The molecule has 1 rings (SSSR count). The molecule has 13 heavy (non-hydrogen) atoms. The van der Waals surface area contributed by atoms with Gasteiger partial charge in [0, 0.05) is 25.3 Å². The third kappa shape index (κ3) is 4.03. The summed E-state index contributed by atoms with van der Waals surface area (Å²) in [6, 6.07) is 0. The summed E-state index contributed by atoms with van der Waals surface area (Å²) in [4.78, 5) is 13.6. The number of hydrogen-bond acceptors (Lipinski definition) is 2. The van der Waals surface area contributed by atoms with E-state index in [1.54, 1.807) is 0 Å². The molecule has 2 nitrogen and oxygen atoms in total. The molecular formula is C10H19NOS. The van der Waals surface area contributed by atoms with Gasteiger partial charge in [0.1, 0.15) is 0 Å². The lowest BCUT2D eigenvalue weighted by molar-refractivity contribution is -0.131. The lowest BCUT2D eigenvalue weighted by atomic mass is 10.1. The zero-order chi connectivity index (χ0) is 9.52. The third-order valence-corrected chi connectivity index (χ3v) is 2.74.